The minimum absolute atomic E-state index is 0.0969. The van der Waals surface area contributed by atoms with Crippen LogP contribution in [0.2, 0.25) is 0 Å². The van der Waals surface area contributed by atoms with Crippen LogP contribution in [0.1, 0.15) is 23.8 Å². The zero-order valence-corrected chi connectivity index (χ0v) is 15.4. The summed E-state index contributed by atoms with van der Waals surface area (Å²) >= 11 is 5.12. The van der Waals surface area contributed by atoms with E-state index >= 15 is 0 Å². The van der Waals surface area contributed by atoms with E-state index in [0.717, 1.165) is 28.6 Å². The summed E-state index contributed by atoms with van der Waals surface area (Å²) in [4.78, 5) is 13.1. The van der Waals surface area contributed by atoms with Gasteiger partial charge < -0.3 is 15.7 Å². The summed E-state index contributed by atoms with van der Waals surface area (Å²) < 4.78 is 1.11. The minimum Gasteiger partial charge on any atom is -0.508 e. The van der Waals surface area contributed by atoms with E-state index in [-0.39, 0.29) is 17.8 Å². The smallest absolute Gasteiger partial charge is 0.315 e. The van der Waals surface area contributed by atoms with Gasteiger partial charge in [0, 0.05) is 17.5 Å². The molecule has 0 saturated carbocycles. The van der Waals surface area contributed by atoms with Crippen LogP contribution < -0.4 is 10.6 Å². The first-order chi connectivity index (χ1) is 11.0. The summed E-state index contributed by atoms with van der Waals surface area (Å²) in [7, 11) is 0. The second kappa shape index (κ2) is 8.93. The molecule has 1 aromatic heterocycles. The van der Waals surface area contributed by atoms with Crippen molar-refractivity contribution in [3.05, 3.63) is 50.6 Å². The second-order valence-corrected chi connectivity index (χ2v) is 8.01. The van der Waals surface area contributed by atoms with Crippen molar-refractivity contribution in [1.29, 1.82) is 0 Å². The van der Waals surface area contributed by atoms with Crippen LogP contribution in [-0.2, 0) is 12.8 Å². The number of aromatic hydroxyl groups is 1. The lowest BCUT2D eigenvalue weighted by atomic mass is 10.1. The molecule has 0 aliphatic carbocycles. The number of carbonyl (C=O) groups is 1. The Morgan fingerprint density at radius 3 is 2.61 bits per heavy atom. The minimum atomic E-state index is -0.126. The molecule has 0 aliphatic rings. The van der Waals surface area contributed by atoms with Crippen molar-refractivity contribution in [3.63, 3.8) is 0 Å². The molecule has 2 rings (SSSR count). The van der Waals surface area contributed by atoms with Gasteiger partial charge in [0.1, 0.15) is 5.75 Å². The fourth-order valence-corrected chi connectivity index (χ4v) is 3.66. The topological polar surface area (TPSA) is 61.4 Å². The maximum Gasteiger partial charge on any atom is 0.315 e. The Morgan fingerprint density at radius 1 is 1.22 bits per heavy atom. The summed E-state index contributed by atoms with van der Waals surface area (Å²) in [6.45, 7) is 2.62. The Bertz CT molecular complexity index is 628. The Labute approximate surface area is 149 Å². The number of halogens is 1. The van der Waals surface area contributed by atoms with Gasteiger partial charge in [0.2, 0.25) is 0 Å². The first-order valence-corrected chi connectivity index (χ1v) is 9.20. The van der Waals surface area contributed by atoms with Crippen LogP contribution >= 0.6 is 27.3 Å². The summed E-state index contributed by atoms with van der Waals surface area (Å²) in [5.41, 5.74) is 1.15. The first kappa shape index (κ1) is 17.8. The van der Waals surface area contributed by atoms with Crippen molar-refractivity contribution in [2.24, 2.45) is 0 Å². The molecule has 1 aromatic carbocycles. The van der Waals surface area contributed by atoms with E-state index < -0.39 is 0 Å². The van der Waals surface area contributed by atoms with Crippen molar-refractivity contribution < 1.29 is 9.90 Å². The quantitative estimate of drug-likeness (QED) is 0.659. The van der Waals surface area contributed by atoms with Crippen LogP contribution in [0, 0.1) is 0 Å². The SMILES string of the molecule is CC(CCc1ccc(O)cc1)NC(=O)NCCc1ccc(Br)s1. The maximum atomic E-state index is 11.8. The molecule has 0 spiro atoms. The second-order valence-electron chi connectivity index (χ2n) is 5.46. The number of phenols is 1. The van der Waals surface area contributed by atoms with Crippen LogP contribution in [0.3, 0.4) is 0 Å². The highest BCUT2D eigenvalue weighted by molar-refractivity contribution is 9.11. The van der Waals surface area contributed by atoms with Gasteiger partial charge in [-0.25, -0.2) is 4.79 Å². The van der Waals surface area contributed by atoms with Gasteiger partial charge in [-0.2, -0.15) is 0 Å². The van der Waals surface area contributed by atoms with E-state index in [9.17, 15) is 9.90 Å². The van der Waals surface area contributed by atoms with Gasteiger partial charge >= 0.3 is 6.03 Å². The van der Waals surface area contributed by atoms with Crippen molar-refractivity contribution in [3.8, 4) is 5.75 Å². The van der Waals surface area contributed by atoms with E-state index in [4.69, 9.17) is 0 Å². The fraction of sp³-hybridized carbons (Fsp3) is 0.353. The monoisotopic (exact) mass is 396 g/mol. The van der Waals surface area contributed by atoms with Crippen molar-refractivity contribution in [2.45, 2.75) is 32.2 Å². The molecular weight excluding hydrogens is 376 g/mol. The van der Waals surface area contributed by atoms with E-state index in [0.29, 0.717) is 6.54 Å². The molecule has 6 heteroatoms. The summed E-state index contributed by atoms with van der Waals surface area (Å²) in [6.07, 6.45) is 2.56. The molecule has 124 valence electrons. The van der Waals surface area contributed by atoms with Gasteiger partial charge in [-0.05, 0) is 71.9 Å². The molecule has 3 N–H and O–H groups in total. The zero-order chi connectivity index (χ0) is 16.7. The number of hydrogen-bond acceptors (Lipinski definition) is 3. The van der Waals surface area contributed by atoms with E-state index in [1.807, 2.05) is 25.1 Å². The van der Waals surface area contributed by atoms with Gasteiger partial charge in [-0.15, -0.1) is 11.3 Å². The van der Waals surface area contributed by atoms with Gasteiger partial charge in [0.05, 0.1) is 3.79 Å². The summed E-state index contributed by atoms with van der Waals surface area (Å²) in [6, 6.07) is 11.2. The van der Waals surface area contributed by atoms with Gasteiger partial charge in [-0.1, -0.05) is 12.1 Å². The highest BCUT2D eigenvalue weighted by atomic mass is 79.9. The average Bonchev–Trinajstić information content (AvgIpc) is 2.92. The third-order valence-corrected chi connectivity index (χ3v) is 5.15. The lowest BCUT2D eigenvalue weighted by molar-refractivity contribution is 0.237. The maximum absolute atomic E-state index is 11.8. The third kappa shape index (κ3) is 6.62. The zero-order valence-electron chi connectivity index (χ0n) is 13.0. The third-order valence-electron chi connectivity index (χ3n) is 3.47. The number of phenolic OH excluding ortho intramolecular Hbond substituents is 1. The van der Waals surface area contributed by atoms with Crippen LogP contribution in [0.4, 0.5) is 4.79 Å². The number of nitrogens with one attached hydrogen (secondary N) is 2. The number of amides is 2. The molecule has 0 radical (unpaired) electrons. The highest BCUT2D eigenvalue weighted by Gasteiger charge is 2.07. The Kier molecular flexibility index (Phi) is 6.92. The van der Waals surface area contributed by atoms with Crippen LogP contribution in [0.5, 0.6) is 5.75 Å². The number of thiophene rings is 1. The number of rotatable bonds is 7. The molecule has 1 atom stereocenters. The molecule has 0 saturated heterocycles. The molecule has 2 amide bonds. The molecule has 1 heterocycles. The molecule has 2 aromatic rings. The molecule has 1 unspecified atom stereocenters. The predicted octanol–water partition coefficient (Wildman–Crippen LogP) is 4.08. The summed E-state index contributed by atoms with van der Waals surface area (Å²) in [5, 5.41) is 15.1. The highest BCUT2D eigenvalue weighted by Crippen LogP contribution is 2.22. The van der Waals surface area contributed by atoms with Gasteiger partial charge in [-0.3, -0.25) is 0 Å². The molecule has 4 nitrogen and oxygen atoms in total. The lowest BCUT2D eigenvalue weighted by Crippen LogP contribution is -2.41. The number of benzene rings is 1. The Balaban J connectivity index is 1.63. The molecule has 0 fully saturated rings. The Morgan fingerprint density at radius 2 is 1.96 bits per heavy atom. The predicted molar refractivity (Wildman–Crippen MR) is 98.1 cm³/mol. The van der Waals surface area contributed by atoms with Crippen LogP contribution in [0.15, 0.2) is 40.2 Å². The Hall–Kier alpha value is -1.53. The summed E-state index contributed by atoms with van der Waals surface area (Å²) in [5.74, 6) is 0.275. The first-order valence-electron chi connectivity index (χ1n) is 7.59. The van der Waals surface area contributed by atoms with Gasteiger partial charge in [0.15, 0.2) is 0 Å². The van der Waals surface area contributed by atoms with Crippen molar-refractivity contribution in [1.82, 2.24) is 10.6 Å². The van der Waals surface area contributed by atoms with E-state index in [1.54, 1.807) is 23.5 Å². The standard InChI is InChI=1S/C17H21BrN2O2S/c1-12(2-3-13-4-6-14(21)7-5-13)20-17(22)19-11-10-15-8-9-16(18)23-15/h4-9,12,21H,2-3,10-11H2,1H3,(H2,19,20,22). The largest absolute Gasteiger partial charge is 0.508 e. The average molecular weight is 397 g/mol. The molecule has 0 aliphatic heterocycles. The van der Waals surface area contributed by atoms with Crippen LogP contribution in [-0.4, -0.2) is 23.7 Å². The van der Waals surface area contributed by atoms with E-state index in [2.05, 4.69) is 32.6 Å². The normalized spacial score (nSPS) is 11.9. The number of carbonyl (C=O) groups excluding carboxylic acids is 1. The lowest BCUT2D eigenvalue weighted by Gasteiger charge is -2.14. The number of hydrogen-bond donors (Lipinski definition) is 3. The van der Waals surface area contributed by atoms with Crippen molar-refractivity contribution >= 4 is 33.3 Å². The van der Waals surface area contributed by atoms with Gasteiger partial charge in [0.25, 0.3) is 0 Å². The van der Waals surface area contributed by atoms with Crippen molar-refractivity contribution in [2.75, 3.05) is 6.54 Å². The molecule has 23 heavy (non-hydrogen) atoms. The van der Waals surface area contributed by atoms with Crippen LogP contribution in [0.25, 0.3) is 0 Å². The molecular formula is C17H21BrN2O2S. The fourth-order valence-electron chi connectivity index (χ4n) is 2.18. The number of urea groups is 1. The molecule has 0 bridgehead atoms. The number of aryl methyl sites for hydroxylation is 1. The van der Waals surface area contributed by atoms with E-state index in [1.165, 1.54) is 4.88 Å².